The van der Waals surface area contributed by atoms with Crippen LogP contribution in [0.5, 0.6) is 0 Å². The lowest BCUT2D eigenvalue weighted by atomic mass is 9.92. The number of hydrogen-bond donors (Lipinski definition) is 4. The Labute approximate surface area is 198 Å². The molecule has 6 N–H and O–H groups in total. The van der Waals surface area contributed by atoms with E-state index in [1.807, 2.05) is 34.9 Å². The highest BCUT2D eigenvalue weighted by atomic mass is 16.4. The Balaban J connectivity index is 1.54. The van der Waals surface area contributed by atoms with Crippen molar-refractivity contribution < 1.29 is 10.0 Å². The van der Waals surface area contributed by atoms with Crippen LogP contribution < -0.4 is 16.8 Å². The minimum atomic E-state index is -0.0946. The highest BCUT2D eigenvalue weighted by molar-refractivity contribution is 6.03. The van der Waals surface area contributed by atoms with Gasteiger partial charge in [-0.3, -0.25) is 4.79 Å². The molecule has 0 spiro atoms. The first-order valence-electron chi connectivity index (χ1n) is 11.7. The van der Waals surface area contributed by atoms with Gasteiger partial charge in [0, 0.05) is 35.1 Å². The highest BCUT2D eigenvalue weighted by Crippen LogP contribution is 2.25. The van der Waals surface area contributed by atoms with Crippen LogP contribution in [-0.2, 0) is 6.54 Å². The van der Waals surface area contributed by atoms with E-state index in [-0.39, 0.29) is 23.8 Å². The topological polar surface area (TPSA) is 119 Å². The second kappa shape index (κ2) is 9.19. The van der Waals surface area contributed by atoms with Gasteiger partial charge in [-0.15, -0.1) is 0 Å². The summed E-state index contributed by atoms with van der Waals surface area (Å²) >= 11 is 0. The van der Waals surface area contributed by atoms with Gasteiger partial charge in [0.15, 0.2) is 5.84 Å². The molecule has 7 heteroatoms. The molecule has 1 aliphatic carbocycles. The summed E-state index contributed by atoms with van der Waals surface area (Å²) in [4.78, 5) is 13.4. The maximum Gasteiger partial charge on any atom is 0.268 e. The molecule has 34 heavy (non-hydrogen) atoms. The standard InChI is InChI=1S/C27H29N5O2/c28-22-9-11-23(12-10-22)30-27(33)25-14-20-7-8-21(26(29)31-34)15-24(20)32(25)16-17-5-6-18-3-1-2-4-19(18)13-17/h1-8,13-15,22-23,34H,9-12,16,28H2,(H2,29,31)(H,30,33). The predicted octanol–water partition coefficient (Wildman–Crippen LogP) is 3.94. The first kappa shape index (κ1) is 22.0. The van der Waals surface area contributed by atoms with E-state index in [1.165, 1.54) is 5.39 Å². The summed E-state index contributed by atoms with van der Waals surface area (Å²) in [5, 5.41) is 18.7. The molecule has 174 valence electrons. The van der Waals surface area contributed by atoms with E-state index in [0.29, 0.717) is 17.8 Å². The van der Waals surface area contributed by atoms with E-state index in [9.17, 15) is 4.79 Å². The van der Waals surface area contributed by atoms with Crippen molar-refractivity contribution in [3.63, 3.8) is 0 Å². The Morgan fingerprint density at radius 2 is 1.71 bits per heavy atom. The van der Waals surface area contributed by atoms with Crippen molar-refractivity contribution in [2.75, 3.05) is 0 Å². The van der Waals surface area contributed by atoms with Crippen LogP contribution in [0.3, 0.4) is 0 Å². The minimum absolute atomic E-state index is 0.0323. The van der Waals surface area contributed by atoms with Gasteiger partial charge in [0.1, 0.15) is 5.69 Å². The van der Waals surface area contributed by atoms with Gasteiger partial charge in [0.2, 0.25) is 0 Å². The summed E-state index contributed by atoms with van der Waals surface area (Å²) < 4.78 is 2.01. The fourth-order valence-electron chi connectivity index (χ4n) is 4.87. The van der Waals surface area contributed by atoms with E-state index >= 15 is 0 Å². The van der Waals surface area contributed by atoms with Crippen LogP contribution in [0.25, 0.3) is 21.7 Å². The molecular formula is C27H29N5O2. The summed E-state index contributed by atoms with van der Waals surface area (Å²) in [5.74, 6) is -0.0623. The molecule has 1 aliphatic rings. The molecule has 1 fully saturated rings. The third kappa shape index (κ3) is 4.34. The molecule has 0 radical (unpaired) electrons. The molecule has 7 nitrogen and oxygen atoms in total. The number of rotatable bonds is 5. The third-order valence-electron chi connectivity index (χ3n) is 6.80. The lowest BCUT2D eigenvalue weighted by molar-refractivity contribution is 0.0917. The number of carbonyl (C=O) groups is 1. The van der Waals surface area contributed by atoms with Crippen LogP contribution in [-0.4, -0.2) is 33.6 Å². The van der Waals surface area contributed by atoms with Crippen molar-refractivity contribution in [3.05, 3.63) is 83.6 Å². The first-order valence-corrected chi connectivity index (χ1v) is 11.7. The van der Waals surface area contributed by atoms with Crippen molar-refractivity contribution in [1.29, 1.82) is 0 Å². The first-order chi connectivity index (χ1) is 16.5. The van der Waals surface area contributed by atoms with Crippen molar-refractivity contribution in [2.24, 2.45) is 16.6 Å². The lowest BCUT2D eigenvalue weighted by Gasteiger charge is -2.27. The number of amides is 1. The van der Waals surface area contributed by atoms with Gasteiger partial charge in [0.25, 0.3) is 5.91 Å². The smallest absolute Gasteiger partial charge is 0.268 e. The Hall–Kier alpha value is -3.84. The number of amidine groups is 1. The molecule has 1 amide bonds. The van der Waals surface area contributed by atoms with Gasteiger partial charge in [0.05, 0.1) is 0 Å². The SMILES string of the molecule is N/C(=N\O)c1ccc2cc(C(=O)NC3CCC(N)CC3)n(Cc3ccc4ccccc4c3)c2c1. The van der Waals surface area contributed by atoms with Crippen LogP contribution in [0.15, 0.2) is 71.9 Å². The number of fused-ring (bicyclic) bond motifs is 2. The van der Waals surface area contributed by atoms with E-state index in [2.05, 4.69) is 40.8 Å². The van der Waals surface area contributed by atoms with Gasteiger partial charge >= 0.3 is 0 Å². The van der Waals surface area contributed by atoms with E-state index in [4.69, 9.17) is 16.7 Å². The number of nitrogens with one attached hydrogen (secondary N) is 1. The largest absolute Gasteiger partial charge is 0.409 e. The Bertz CT molecular complexity index is 1380. The summed E-state index contributed by atoms with van der Waals surface area (Å²) in [6.45, 7) is 0.520. The molecule has 0 unspecified atom stereocenters. The predicted molar refractivity (Wildman–Crippen MR) is 135 cm³/mol. The van der Waals surface area contributed by atoms with Crippen LogP contribution in [0.1, 0.15) is 47.3 Å². The Morgan fingerprint density at radius 3 is 2.47 bits per heavy atom. The molecule has 0 bridgehead atoms. The number of benzene rings is 3. The molecule has 3 aromatic carbocycles. The molecule has 5 rings (SSSR count). The summed E-state index contributed by atoms with van der Waals surface area (Å²) in [5.41, 5.74) is 15.0. The average molecular weight is 456 g/mol. The Morgan fingerprint density at radius 1 is 0.971 bits per heavy atom. The molecule has 4 aromatic rings. The second-order valence-corrected chi connectivity index (χ2v) is 9.14. The van der Waals surface area contributed by atoms with Gasteiger partial charge in [-0.1, -0.05) is 53.7 Å². The monoisotopic (exact) mass is 455 g/mol. The van der Waals surface area contributed by atoms with Crippen LogP contribution in [0, 0.1) is 0 Å². The lowest BCUT2D eigenvalue weighted by Crippen LogP contribution is -2.41. The third-order valence-corrected chi connectivity index (χ3v) is 6.80. The molecular weight excluding hydrogens is 426 g/mol. The zero-order valence-electron chi connectivity index (χ0n) is 18.9. The number of nitrogens with two attached hydrogens (primary N) is 2. The molecule has 0 aliphatic heterocycles. The second-order valence-electron chi connectivity index (χ2n) is 9.14. The van der Waals surface area contributed by atoms with Crippen molar-refractivity contribution >= 4 is 33.4 Å². The van der Waals surface area contributed by atoms with Crippen LogP contribution in [0.2, 0.25) is 0 Å². The summed E-state index contributed by atoms with van der Waals surface area (Å²) in [6.07, 6.45) is 3.64. The Kier molecular flexibility index (Phi) is 5.94. The average Bonchev–Trinajstić information content (AvgIpc) is 3.22. The fraction of sp³-hybridized carbons (Fsp3) is 0.259. The van der Waals surface area contributed by atoms with Crippen LogP contribution >= 0.6 is 0 Å². The summed E-state index contributed by atoms with van der Waals surface area (Å²) in [6, 6.07) is 22.4. The van der Waals surface area contributed by atoms with Crippen molar-refractivity contribution in [2.45, 2.75) is 44.3 Å². The number of nitrogens with zero attached hydrogens (tertiary/aromatic N) is 2. The van der Waals surface area contributed by atoms with E-state index in [0.717, 1.165) is 47.5 Å². The highest BCUT2D eigenvalue weighted by Gasteiger charge is 2.23. The van der Waals surface area contributed by atoms with Gasteiger partial charge in [-0.25, -0.2) is 0 Å². The molecule has 1 heterocycles. The minimum Gasteiger partial charge on any atom is -0.409 e. The number of hydrogen-bond acceptors (Lipinski definition) is 4. The quantitative estimate of drug-likeness (QED) is 0.158. The fourth-order valence-corrected chi connectivity index (χ4v) is 4.87. The van der Waals surface area contributed by atoms with E-state index < -0.39 is 0 Å². The van der Waals surface area contributed by atoms with E-state index in [1.54, 1.807) is 6.07 Å². The number of carbonyl (C=O) groups excluding carboxylic acids is 1. The number of aromatic nitrogens is 1. The van der Waals surface area contributed by atoms with Crippen molar-refractivity contribution in [1.82, 2.24) is 9.88 Å². The molecule has 1 saturated carbocycles. The molecule has 1 aromatic heterocycles. The normalized spacial score (nSPS) is 18.9. The maximum absolute atomic E-state index is 13.4. The molecule has 0 saturated heterocycles. The maximum atomic E-state index is 13.4. The zero-order chi connectivity index (χ0) is 23.7. The van der Waals surface area contributed by atoms with Gasteiger partial charge in [-0.05, 0) is 60.2 Å². The molecule has 0 atom stereocenters. The van der Waals surface area contributed by atoms with Gasteiger partial charge in [-0.2, -0.15) is 0 Å². The number of oxime groups is 1. The zero-order valence-corrected chi connectivity index (χ0v) is 18.9. The summed E-state index contributed by atoms with van der Waals surface area (Å²) in [7, 11) is 0. The van der Waals surface area contributed by atoms with Gasteiger partial charge < -0.3 is 26.6 Å². The van der Waals surface area contributed by atoms with Crippen molar-refractivity contribution in [3.8, 4) is 0 Å². The van der Waals surface area contributed by atoms with Crippen LogP contribution in [0.4, 0.5) is 0 Å².